The molecule has 0 heterocycles. The summed E-state index contributed by atoms with van der Waals surface area (Å²) >= 11 is 1.48. The van der Waals surface area contributed by atoms with Crippen LogP contribution in [0.5, 0.6) is 0 Å². The Hall–Kier alpha value is -1.81. The Balaban J connectivity index is 4.99. The number of carboxylic acids is 2. The number of thioether (sulfide) groups is 1. The van der Waals surface area contributed by atoms with Crippen molar-refractivity contribution in [2.45, 2.75) is 57.7 Å². The Labute approximate surface area is 157 Å². The van der Waals surface area contributed by atoms with E-state index in [2.05, 4.69) is 10.6 Å². The van der Waals surface area contributed by atoms with Gasteiger partial charge in [0.25, 0.3) is 0 Å². The topological polar surface area (TPSA) is 159 Å². The van der Waals surface area contributed by atoms with Crippen LogP contribution in [-0.2, 0) is 19.2 Å². The van der Waals surface area contributed by atoms with Crippen LogP contribution < -0.4 is 16.4 Å². The molecule has 0 aliphatic heterocycles. The number of rotatable bonds is 13. The smallest absolute Gasteiger partial charge is 0.326 e. The Morgan fingerprint density at radius 1 is 1.08 bits per heavy atom. The number of nitrogens with one attached hydrogen (secondary N) is 2. The second kappa shape index (κ2) is 12.5. The van der Waals surface area contributed by atoms with E-state index in [1.165, 1.54) is 11.8 Å². The minimum Gasteiger partial charge on any atom is -0.481 e. The third kappa shape index (κ3) is 9.04. The standard InChI is InChI=1S/C16H29N3O6S/c1-4-9(2)13(16(24)25)19-15(23)11(7-8-26-3)18-14(22)10(17)5-6-12(20)21/h9-11,13H,4-8,17H2,1-3H3,(H,18,22)(H,19,23)(H,20,21)(H,24,25). The molecule has 26 heavy (non-hydrogen) atoms. The van der Waals surface area contributed by atoms with Gasteiger partial charge in [0.1, 0.15) is 12.1 Å². The number of aliphatic carboxylic acids is 2. The van der Waals surface area contributed by atoms with E-state index >= 15 is 0 Å². The molecular formula is C16H29N3O6S. The van der Waals surface area contributed by atoms with Crippen LogP contribution in [0.4, 0.5) is 0 Å². The van der Waals surface area contributed by atoms with Gasteiger partial charge in [-0.05, 0) is 30.8 Å². The number of hydrogen-bond acceptors (Lipinski definition) is 6. The van der Waals surface area contributed by atoms with E-state index in [1.807, 2.05) is 13.2 Å². The molecule has 0 bridgehead atoms. The van der Waals surface area contributed by atoms with Gasteiger partial charge in [-0.25, -0.2) is 4.79 Å². The first-order valence-electron chi connectivity index (χ1n) is 8.43. The molecule has 0 radical (unpaired) electrons. The van der Waals surface area contributed by atoms with Gasteiger partial charge in [0.2, 0.25) is 11.8 Å². The maximum Gasteiger partial charge on any atom is 0.326 e. The molecule has 0 rings (SSSR count). The highest BCUT2D eigenvalue weighted by molar-refractivity contribution is 7.98. The third-order valence-corrected chi connectivity index (χ3v) is 4.67. The third-order valence-electron chi connectivity index (χ3n) is 4.03. The molecule has 4 unspecified atom stereocenters. The van der Waals surface area contributed by atoms with Crippen LogP contribution in [0.25, 0.3) is 0 Å². The van der Waals surface area contributed by atoms with Gasteiger partial charge in [0.05, 0.1) is 6.04 Å². The first-order chi connectivity index (χ1) is 12.1. The summed E-state index contributed by atoms with van der Waals surface area (Å²) in [5.41, 5.74) is 5.66. The van der Waals surface area contributed by atoms with Gasteiger partial charge in [-0.2, -0.15) is 11.8 Å². The minimum absolute atomic E-state index is 0.0529. The van der Waals surface area contributed by atoms with Gasteiger partial charge in [0.15, 0.2) is 0 Å². The molecule has 0 aliphatic carbocycles. The molecule has 0 spiro atoms. The summed E-state index contributed by atoms with van der Waals surface area (Å²) in [4.78, 5) is 46.5. The summed E-state index contributed by atoms with van der Waals surface area (Å²) in [6.45, 7) is 3.54. The molecule has 0 aromatic rings. The van der Waals surface area contributed by atoms with E-state index in [0.717, 1.165) is 0 Å². The van der Waals surface area contributed by atoms with Gasteiger partial charge in [0, 0.05) is 6.42 Å². The summed E-state index contributed by atoms with van der Waals surface area (Å²) in [7, 11) is 0. The van der Waals surface area contributed by atoms with E-state index in [1.54, 1.807) is 6.92 Å². The van der Waals surface area contributed by atoms with Crippen LogP contribution in [-0.4, -0.2) is 64.1 Å². The van der Waals surface area contributed by atoms with Crippen LogP contribution in [0.2, 0.25) is 0 Å². The Kier molecular flexibility index (Phi) is 11.7. The predicted molar refractivity (Wildman–Crippen MR) is 98.8 cm³/mol. The highest BCUT2D eigenvalue weighted by Gasteiger charge is 2.30. The molecule has 150 valence electrons. The molecule has 0 fully saturated rings. The molecule has 9 nitrogen and oxygen atoms in total. The van der Waals surface area contributed by atoms with Crippen LogP contribution in [0, 0.1) is 5.92 Å². The molecule has 0 saturated carbocycles. The zero-order valence-electron chi connectivity index (χ0n) is 15.4. The number of amides is 2. The second-order valence-corrected chi connectivity index (χ2v) is 7.08. The fraction of sp³-hybridized carbons (Fsp3) is 0.750. The summed E-state index contributed by atoms with van der Waals surface area (Å²) in [6.07, 6.45) is 2.40. The highest BCUT2D eigenvalue weighted by Crippen LogP contribution is 2.10. The lowest BCUT2D eigenvalue weighted by Gasteiger charge is -2.25. The van der Waals surface area contributed by atoms with E-state index in [4.69, 9.17) is 10.8 Å². The molecule has 4 atom stereocenters. The van der Waals surface area contributed by atoms with Gasteiger partial charge >= 0.3 is 11.9 Å². The van der Waals surface area contributed by atoms with Crippen molar-refractivity contribution in [2.75, 3.05) is 12.0 Å². The summed E-state index contributed by atoms with van der Waals surface area (Å²) in [6, 6.07) is -3.04. The van der Waals surface area contributed by atoms with Crippen molar-refractivity contribution >= 4 is 35.5 Å². The van der Waals surface area contributed by atoms with Crippen molar-refractivity contribution in [2.24, 2.45) is 11.7 Å². The molecular weight excluding hydrogens is 362 g/mol. The lowest BCUT2D eigenvalue weighted by Crippen LogP contribution is -2.55. The lowest BCUT2D eigenvalue weighted by atomic mass is 9.98. The van der Waals surface area contributed by atoms with E-state index < -0.39 is 41.9 Å². The molecule has 0 aromatic heterocycles. The first kappa shape index (κ1) is 24.2. The largest absolute Gasteiger partial charge is 0.481 e. The number of carbonyl (C=O) groups is 4. The number of carbonyl (C=O) groups excluding carboxylic acids is 2. The summed E-state index contributed by atoms with van der Waals surface area (Å²) in [5, 5.41) is 22.9. The van der Waals surface area contributed by atoms with Crippen LogP contribution in [0.1, 0.15) is 39.5 Å². The Morgan fingerprint density at radius 3 is 2.15 bits per heavy atom. The van der Waals surface area contributed by atoms with Crippen molar-refractivity contribution in [3.8, 4) is 0 Å². The molecule has 0 aliphatic rings. The minimum atomic E-state index is -1.14. The Bertz CT molecular complexity index is 502. The van der Waals surface area contributed by atoms with Crippen molar-refractivity contribution in [1.29, 1.82) is 0 Å². The van der Waals surface area contributed by atoms with Gasteiger partial charge < -0.3 is 26.6 Å². The highest BCUT2D eigenvalue weighted by atomic mass is 32.2. The van der Waals surface area contributed by atoms with E-state index in [0.29, 0.717) is 18.6 Å². The summed E-state index contributed by atoms with van der Waals surface area (Å²) in [5.74, 6) is -3.13. The van der Waals surface area contributed by atoms with Gasteiger partial charge in [-0.15, -0.1) is 0 Å². The van der Waals surface area contributed by atoms with Crippen molar-refractivity contribution < 1.29 is 29.4 Å². The molecule has 0 aromatic carbocycles. The Morgan fingerprint density at radius 2 is 1.69 bits per heavy atom. The van der Waals surface area contributed by atoms with E-state index in [-0.39, 0.29) is 18.8 Å². The molecule has 0 saturated heterocycles. The normalized spacial score (nSPS) is 15.4. The van der Waals surface area contributed by atoms with Crippen molar-refractivity contribution in [1.82, 2.24) is 10.6 Å². The molecule has 2 amide bonds. The van der Waals surface area contributed by atoms with Crippen LogP contribution in [0.15, 0.2) is 0 Å². The number of carboxylic acid groups (broad SMARTS) is 2. The SMILES string of the molecule is CCC(C)C(NC(=O)C(CCSC)NC(=O)C(N)CCC(=O)O)C(=O)O. The lowest BCUT2D eigenvalue weighted by molar-refractivity contribution is -0.143. The number of nitrogens with two attached hydrogens (primary N) is 1. The molecule has 10 heteroatoms. The first-order valence-corrected chi connectivity index (χ1v) is 9.83. The quantitative estimate of drug-likeness (QED) is 0.294. The zero-order chi connectivity index (χ0) is 20.3. The maximum atomic E-state index is 12.5. The second-order valence-electron chi connectivity index (χ2n) is 6.09. The zero-order valence-corrected chi connectivity index (χ0v) is 16.2. The van der Waals surface area contributed by atoms with Crippen LogP contribution in [0.3, 0.4) is 0 Å². The average Bonchev–Trinajstić information content (AvgIpc) is 2.59. The fourth-order valence-corrected chi connectivity index (χ4v) is 2.60. The number of hydrogen-bond donors (Lipinski definition) is 5. The predicted octanol–water partition coefficient (Wildman–Crippen LogP) is 0.0319. The average molecular weight is 391 g/mol. The van der Waals surface area contributed by atoms with Crippen LogP contribution >= 0.6 is 11.8 Å². The van der Waals surface area contributed by atoms with Gasteiger partial charge in [-0.1, -0.05) is 20.3 Å². The van der Waals surface area contributed by atoms with Gasteiger partial charge in [-0.3, -0.25) is 14.4 Å². The van der Waals surface area contributed by atoms with Crippen molar-refractivity contribution in [3.63, 3.8) is 0 Å². The van der Waals surface area contributed by atoms with E-state index in [9.17, 15) is 24.3 Å². The monoisotopic (exact) mass is 391 g/mol. The summed E-state index contributed by atoms with van der Waals surface area (Å²) < 4.78 is 0. The molecule has 6 N–H and O–H groups in total. The fourth-order valence-electron chi connectivity index (χ4n) is 2.13. The maximum absolute atomic E-state index is 12.5. The van der Waals surface area contributed by atoms with Crippen molar-refractivity contribution in [3.05, 3.63) is 0 Å².